The number of carbonyl (C=O) groups excluding carboxylic acids is 3. The Morgan fingerprint density at radius 2 is 1.71 bits per heavy atom. The third-order valence-corrected chi connectivity index (χ3v) is 3.56. The summed E-state index contributed by atoms with van der Waals surface area (Å²) in [4.78, 5) is 33.9. The van der Waals surface area contributed by atoms with E-state index in [1.165, 1.54) is 0 Å². The summed E-state index contributed by atoms with van der Waals surface area (Å²) in [6, 6.07) is -1.36. The molecule has 0 bridgehead atoms. The smallest absolute Gasteiger partial charge is 0.329 e. The predicted molar refractivity (Wildman–Crippen MR) is 74.1 cm³/mol. The van der Waals surface area contributed by atoms with E-state index in [0.29, 0.717) is 0 Å². The van der Waals surface area contributed by atoms with E-state index in [1.807, 2.05) is 0 Å². The maximum atomic E-state index is 11.9. The molecule has 0 rings (SSSR count). The van der Waals surface area contributed by atoms with Crippen molar-refractivity contribution in [3.63, 3.8) is 0 Å². The molecule has 0 fully saturated rings. The topological polar surface area (TPSA) is 116 Å². The van der Waals surface area contributed by atoms with Crippen LogP contribution in [0.4, 0.5) is 0 Å². The largest absolute Gasteiger partial charge is 0.467 e. The fourth-order valence-electron chi connectivity index (χ4n) is 1.42. The molecule has 0 aromatic heterocycles. The van der Waals surface area contributed by atoms with Crippen molar-refractivity contribution >= 4 is 27.7 Å². The molecule has 0 radical (unpaired) electrons. The molecular weight excluding hydrogens is 302 g/mol. The van der Waals surface area contributed by atoms with Gasteiger partial charge in [0.1, 0.15) is 17.4 Å². The third-order valence-electron chi connectivity index (χ3n) is 2.04. The number of sulfone groups is 1. The van der Waals surface area contributed by atoms with E-state index in [-0.39, 0.29) is 0 Å². The van der Waals surface area contributed by atoms with Gasteiger partial charge in [0.15, 0.2) is 9.84 Å². The number of rotatable bonds is 6. The van der Waals surface area contributed by atoms with Crippen molar-refractivity contribution < 1.29 is 32.3 Å². The van der Waals surface area contributed by atoms with Gasteiger partial charge in [-0.1, -0.05) is 0 Å². The second-order valence-corrected chi connectivity index (χ2v) is 7.53. The molecule has 0 aromatic rings. The maximum absolute atomic E-state index is 11.9. The van der Waals surface area contributed by atoms with Crippen molar-refractivity contribution in [1.82, 2.24) is 5.32 Å². The first-order chi connectivity index (χ1) is 9.36. The Hall–Kier alpha value is -1.64. The molecule has 1 N–H and O–H groups in total. The van der Waals surface area contributed by atoms with Gasteiger partial charge in [-0.25, -0.2) is 13.2 Å². The average molecular weight is 323 g/mol. The van der Waals surface area contributed by atoms with E-state index >= 15 is 0 Å². The lowest BCUT2D eigenvalue weighted by atomic mass is 10.2. The zero-order valence-corrected chi connectivity index (χ0v) is 13.6. The second-order valence-electron chi connectivity index (χ2n) is 5.42. The van der Waals surface area contributed by atoms with Crippen LogP contribution in [0.5, 0.6) is 0 Å². The highest BCUT2D eigenvalue weighted by Gasteiger charge is 2.30. The van der Waals surface area contributed by atoms with E-state index in [2.05, 4.69) is 10.1 Å². The van der Waals surface area contributed by atoms with Crippen molar-refractivity contribution in [3.05, 3.63) is 0 Å². The summed E-state index contributed by atoms with van der Waals surface area (Å²) < 4.78 is 33.1. The summed E-state index contributed by atoms with van der Waals surface area (Å²) in [6.45, 7) is 5.95. The van der Waals surface area contributed by atoms with Gasteiger partial charge < -0.3 is 14.8 Å². The van der Waals surface area contributed by atoms with Crippen molar-refractivity contribution in [2.45, 2.75) is 39.3 Å². The number of methoxy groups -OCH3 is 1. The van der Waals surface area contributed by atoms with E-state index in [4.69, 9.17) is 4.74 Å². The van der Waals surface area contributed by atoms with E-state index in [0.717, 1.165) is 14.0 Å². The molecule has 0 saturated carbocycles. The average Bonchev–Trinajstić information content (AvgIpc) is 2.22. The van der Waals surface area contributed by atoms with Gasteiger partial charge in [0.2, 0.25) is 5.91 Å². The maximum Gasteiger partial charge on any atom is 0.329 e. The standard InChI is InChI=1S/C12H21NO7S/c1-8(14)13-9(11(16)19-5)6-21(17,18)7-10(15)20-12(2,3)4/h9H,6-7H2,1-5H3,(H,13,14). The van der Waals surface area contributed by atoms with Gasteiger partial charge in [-0.15, -0.1) is 0 Å². The molecule has 0 aromatic carbocycles. The van der Waals surface area contributed by atoms with E-state index in [9.17, 15) is 22.8 Å². The van der Waals surface area contributed by atoms with Crippen molar-refractivity contribution in [2.24, 2.45) is 0 Å². The lowest BCUT2D eigenvalue weighted by molar-refractivity contribution is -0.151. The van der Waals surface area contributed by atoms with E-state index < -0.39 is 50.8 Å². The van der Waals surface area contributed by atoms with Gasteiger partial charge in [0.05, 0.1) is 12.9 Å². The zero-order chi connectivity index (χ0) is 16.8. The molecule has 0 spiro atoms. The molecule has 8 nitrogen and oxygen atoms in total. The van der Waals surface area contributed by atoms with Gasteiger partial charge in [0, 0.05) is 6.92 Å². The minimum atomic E-state index is -3.94. The lowest BCUT2D eigenvalue weighted by Crippen LogP contribution is -2.46. The Morgan fingerprint density at radius 1 is 1.19 bits per heavy atom. The van der Waals surface area contributed by atoms with Crippen molar-refractivity contribution in [1.29, 1.82) is 0 Å². The van der Waals surface area contributed by atoms with Crippen LogP contribution < -0.4 is 5.32 Å². The van der Waals surface area contributed by atoms with Gasteiger partial charge >= 0.3 is 11.9 Å². The molecule has 0 heterocycles. The Labute approximate surface area is 124 Å². The van der Waals surface area contributed by atoms with Crippen LogP contribution in [0.2, 0.25) is 0 Å². The highest BCUT2D eigenvalue weighted by molar-refractivity contribution is 7.92. The van der Waals surface area contributed by atoms with Crippen LogP contribution in [0.1, 0.15) is 27.7 Å². The number of hydrogen-bond donors (Lipinski definition) is 1. The summed E-state index contributed by atoms with van der Waals surface area (Å²) >= 11 is 0. The lowest BCUT2D eigenvalue weighted by Gasteiger charge is -2.20. The molecule has 1 amide bonds. The van der Waals surface area contributed by atoms with Crippen molar-refractivity contribution in [2.75, 3.05) is 18.6 Å². The molecule has 1 unspecified atom stereocenters. The van der Waals surface area contributed by atoms with Crippen LogP contribution in [-0.4, -0.2) is 56.5 Å². The molecule has 122 valence electrons. The quantitative estimate of drug-likeness (QED) is 0.650. The highest BCUT2D eigenvalue weighted by Crippen LogP contribution is 2.08. The zero-order valence-electron chi connectivity index (χ0n) is 12.8. The fourth-order valence-corrected chi connectivity index (χ4v) is 2.68. The minimum absolute atomic E-state index is 0.585. The fraction of sp³-hybridized carbons (Fsp3) is 0.750. The molecule has 0 aliphatic carbocycles. The van der Waals surface area contributed by atoms with Crippen LogP contribution in [0.15, 0.2) is 0 Å². The Kier molecular flexibility index (Phi) is 6.81. The summed E-state index contributed by atoms with van der Waals surface area (Å²) in [6.07, 6.45) is 0. The number of hydrogen-bond acceptors (Lipinski definition) is 7. The molecule has 0 aliphatic heterocycles. The second kappa shape index (κ2) is 7.39. The number of esters is 2. The number of ether oxygens (including phenoxy) is 2. The first-order valence-electron chi connectivity index (χ1n) is 6.13. The third kappa shape index (κ3) is 9.01. The number of carbonyl (C=O) groups is 3. The predicted octanol–water partition coefficient (Wildman–Crippen LogP) is -0.579. The van der Waals surface area contributed by atoms with Gasteiger partial charge in [-0.05, 0) is 20.8 Å². The van der Waals surface area contributed by atoms with Crippen LogP contribution in [0, 0.1) is 0 Å². The normalized spacial score (nSPS) is 13.2. The molecule has 1 atom stereocenters. The van der Waals surface area contributed by atoms with Crippen LogP contribution in [0.3, 0.4) is 0 Å². The molecule has 9 heteroatoms. The number of nitrogens with one attached hydrogen (secondary N) is 1. The Morgan fingerprint density at radius 3 is 2.10 bits per heavy atom. The SMILES string of the molecule is COC(=O)C(CS(=O)(=O)CC(=O)OC(C)(C)C)NC(C)=O. The monoisotopic (exact) mass is 323 g/mol. The van der Waals surface area contributed by atoms with E-state index in [1.54, 1.807) is 20.8 Å². The van der Waals surface area contributed by atoms with Crippen LogP contribution >= 0.6 is 0 Å². The first kappa shape index (κ1) is 19.4. The molecule has 0 aliphatic rings. The van der Waals surface area contributed by atoms with Gasteiger partial charge in [-0.3, -0.25) is 9.59 Å². The molecule has 21 heavy (non-hydrogen) atoms. The Balaban J connectivity index is 4.86. The molecular formula is C12H21NO7S. The van der Waals surface area contributed by atoms with Crippen LogP contribution in [0.25, 0.3) is 0 Å². The summed E-state index contributed by atoms with van der Waals surface area (Å²) in [5, 5.41) is 2.16. The number of amides is 1. The first-order valence-corrected chi connectivity index (χ1v) is 7.95. The van der Waals surface area contributed by atoms with Crippen LogP contribution in [-0.2, 0) is 33.7 Å². The summed E-state index contributed by atoms with van der Waals surface area (Å²) in [5.74, 6) is -4.03. The summed E-state index contributed by atoms with van der Waals surface area (Å²) in [5.41, 5.74) is -0.814. The van der Waals surface area contributed by atoms with Gasteiger partial charge in [-0.2, -0.15) is 0 Å². The Bertz CT molecular complexity index is 504. The minimum Gasteiger partial charge on any atom is -0.467 e. The molecule has 0 saturated heterocycles. The highest BCUT2D eigenvalue weighted by atomic mass is 32.2. The van der Waals surface area contributed by atoms with Gasteiger partial charge in [0.25, 0.3) is 0 Å². The summed E-state index contributed by atoms with van der Waals surface area (Å²) in [7, 11) is -2.88. The van der Waals surface area contributed by atoms with Crippen molar-refractivity contribution in [3.8, 4) is 0 Å².